The summed E-state index contributed by atoms with van der Waals surface area (Å²) < 4.78 is 29.7. The molecular formula is C17H14FN2O3. The van der Waals surface area contributed by atoms with Gasteiger partial charge in [-0.2, -0.15) is 0 Å². The molecule has 0 atom stereocenters. The van der Waals surface area contributed by atoms with E-state index in [9.17, 15) is 4.39 Å². The van der Waals surface area contributed by atoms with Crippen LogP contribution < -0.4 is 14.2 Å². The summed E-state index contributed by atoms with van der Waals surface area (Å²) in [5.74, 6) is 0.403. The zero-order valence-corrected chi connectivity index (χ0v) is 12.9. The zero-order chi connectivity index (χ0) is 16.4. The van der Waals surface area contributed by atoms with Crippen LogP contribution in [0.1, 0.15) is 0 Å². The second kappa shape index (κ2) is 6.08. The lowest BCUT2D eigenvalue weighted by molar-refractivity contribution is 0.344. The Morgan fingerprint density at radius 2 is 1.87 bits per heavy atom. The van der Waals surface area contributed by atoms with E-state index in [2.05, 4.69) is 16.0 Å². The molecule has 2 heterocycles. The highest BCUT2D eigenvalue weighted by molar-refractivity contribution is 5.82. The number of halogens is 1. The topological polar surface area (TPSA) is 53.5 Å². The number of pyridine rings is 2. The Balaban J connectivity index is 2.17. The largest absolute Gasteiger partial charge is 0.493 e. The average molecular weight is 313 g/mol. The molecule has 117 valence electrons. The molecule has 23 heavy (non-hydrogen) atoms. The highest BCUT2D eigenvalue weighted by atomic mass is 19.1. The van der Waals surface area contributed by atoms with E-state index in [1.165, 1.54) is 21.3 Å². The van der Waals surface area contributed by atoms with Crippen LogP contribution in [-0.4, -0.2) is 31.3 Å². The third kappa shape index (κ3) is 2.63. The zero-order valence-electron chi connectivity index (χ0n) is 12.9. The van der Waals surface area contributed by atoms with Gasteiger partial charge in [0.15, 0.2) is 17.3 Å². The van der Waals surface area contributed by atoms with Crippen molar-refractivity contribution in [1.82, 2.24) is 9.97 Å². The molecule has 0 bridgehead atoms. The fourth-order valence-corrected chi connectivity index (χ4v) is 2.29. The Labute approximate surface area is 132 Å². The van der Waals surface area contributed by atoms with Gasteiger partial charge in [-0.25, -0.2) is 9.37 Å². The molecule has 0 unspecified atom stereocenters. The Morgan fingerprint density at radius 1 is 1.04 bits per heavy atom. The molecule has 5 nitrogen and oxygen atoms in total. The minimum Gasteiger partial charge on any atom is -0.493 e. The lowest BCUT2D eigenvalue weighted by Gasteiger charge is -2.10. The lowest BCUT2D eigenvalue weighted by atomic mass is 10.1. The molecule has 1 radical (unpaired) electrons. The maximum Gasteiger partial charge on any atom is 0.257 e. The van der Waals surface area contributed by atoms with Crippen LogP contribution in [0.5, 0.6) is 17.4 Å². The molecule has 0 saturated heterocycles. The number of methoxy groups -OCH3 is 3. The number of hydrogen-bond acceptors (Lipinski definition) is 5. The van der Waals surface area contributed by atoms with Gasteiger partial charge in [-0.15, -0.1) is 0 Å². The average Bonchev–Trinajstić information content (AvgIpc) is 2.60. The van der Waals surface area contributed by atoms with Crippen LogP contribution in [0.2, 0.25) is 0 Å². The molecule has 0 aliphatic rings. The summed E-state index contributed by atoms with van der Waals surface area (Å²) >= 11 is 0. The van der Waals surface area contributed by atoms with Gasteiger partial charge in [0.25, 0.3) is 5.88 Å². The van der Waals surface area contributed by atoms with E-state index >= 15 is 0 Å². The number of fused-ring (bicyclic) bond motifs is 1. The van der Waals surface area contributed by atoms with Gasteiger partial charge in [0, 0.05) is 29.5 Å². The van der Waals surface area contributed by atoms with E-state index in [0.717, 1.165) is 0 Å². The van der Waals surface area contributed by atoms with Gasteiger partial charge in [0.05, 0.1) is 32.4 Å². The Morgan fingerprint density at radius 3 is 2.57 bits per heavy atom. The maximum absolute atomic E-state index is 14.4. The third-order valence-electron chi connectivity index (χ3n) is 3.43. The van der Waals surface area contributed by atoms with Crippen molar-refractivity contribution in [2.75, 3.05) is 21.3 Å². The van der Waals surface area contributed by atoms with Crippen LogP contribution in [-0.2, 0) is 0 Å². The summed E-state index contributed by atoms with van der Waals surface area (Å²) in [4.78, 5) is 8.67. The molecule has 1 aromatic carbocycles. The first kappa shape index (κ1) is 15.0. The molecule has 2 aromatic heterocycles. The highest BCUT2D eigenvalue weighted by Gasteiger charge is 2.14. The monoisotopic (exact) mass is 313 g/mol. The van der Waals surface area contributed by atoms with Crippen molar-refractivity contribution >= 4 is 11.0 Å². The van der Waals surface area contributed by atoms with Crippen LogP contribution in [0.25, 0.3) is 22.2 Å². The minimum absolute atomic E-state index is 0.0582. The molecule has 0 spiro atoms. The second-order valence-corrected chi connectivity index (χ2v) is 4.70. The first-order valence-corrected chi connectivity index (χ1v) is 6.81. The maximum atomic E-state index is 14.4. The Hall–Kier alpha value is -2.89. The highest BCUT2D eigenvalue weighted by Crippen LogP contribution is 2.32. The van der Waals surface area contributed by atoms with Crippen molar-refractivity contribution in [1.29, 1.82) is 0 Å². The van der Waals surface area contributed by atoms with E-state index in [-0.39, 0.29) is 5.75 Å². The molecule has 0 aliphatic heterocycles. The molecule has 3 rings (SSSR count). The number of benzene rings is 1. The molecule has 3 aromatic rings. The second-order valence-electron chi connectivity index (χ2n) is 4.70. The van der Waals surface area contributed by atoms with Crippen molar-refractivity contribution < 1.29 is 18.6 Å². The smallest absolute Gasteiger partial charge is 0.257 e. The van der Waals surface area contributed by atoms with Crippen LogP contribution in [0, 0.1) is 11.9 Å². The molecule has 0 fully saturated rings. The van der Waals surface area contributed by atoms with Crippen LogP contribution in [0.15, 0.2) is 30.5 Å². The molecule has 0 amide bonds. The van der Waals surface area contributed by atoms with E-state index in [0.29, 0.717) is 33.8 Å². The van der Waals surface area contributed by atoms with Crippen LogP contribution in [0.3, 0.4) is 0 Å². The third-order valence-corrected chi connectivity index (χ3v) is 3.43. The van der Waals surface area contributed by atoms with Crippen molar-refractivity contribution in [3.05, 3.63) is 42.3 Å². The van der Waals surface area contributed by atoms with Gasteiger partial charge in [-0.3, -0.25) is 4.98 Å². The molecule has 0 N–H and O–H groups in total. The molecular weight excluding hydrogens is 299 g/mol. The first-order valence-electron chi connectivity index (χ1n) is 6.81. The molecule has 0 saturated carbocycles. The van der Waals surface area contributed by atoms with Gasteiger partial charge in [-0.1, -0.05) is 6.07 Å². The van der Waals surface area contributed by atoms with E-state index in [4.69, 9.17) is 14.2 Å². The summed E-state index contributed by atoms with van der Waals surface area (Å²) in [5.41, 5.74) is 2.15. The number of rotatable bonds is 4. The number of hydrogen-bond donors (Lipinski definition) is 0. The van der Waals surface area contributed by atoms with E-state index < -0.39 is 5.82 Å². The molecule has 0 aliphatic carbocycles. The van der Waals surface area contributed by atoms with Gasteiger partial charge < -0.3 is 14.2 Å². The fourth-order valence-electron chi connectivity index (χ4n) is 2.29. The number of aromatic nitrogens is 2. The van der Waals surface area contributed by atoms with Gasteiger partial charge in [-0.05, 0) is 12.1 Å². The summed E-state index contributed by atoms with van der Waals surface area (Å²) in [7, 11) is 4.43. The number of nitrogens with zero attached hydrogens (tertiary/aromatic N) is 2. The van der Waals surface area contributed by atoms with E-state index in [1.54, 1.807) is 30.5 Å². The predicted molar refractivity (Wildman–Crippen MR) is 83.4 cm³/mol. The van der Waals surface area contributed by atoms with Crippen LogP contribution in [0.4, 0.5) is 4.39 Å². The minimum atomic E-state index is -0.489. The van der Waals surface area contributed by atoms with Gasteiger partial charge >= 0.3 is 0 Å². The quantitative estimate of drug-likeness (QED) is 0.740. The van der Waals surface area contributed by atoms with Crippen molar-refractivity contribution in [3.63, 3.8) is 0 Å². The van der Waals surface area contributed by atoms with Gasteiger partial charge in [0.1, 0.15) is 0 Å². The summed E-state index contributed by atoms with van der Waals surface area (Å²) in [6.07, 6.45) is 1.58. The summed E-state index contributed by atoms with van der Waals surface area (Å²) in [6, 6.07) is 9.37. The Bertz CT molecular complexity index is 868. The normalized spacial score (nSPS) is 10.6. The summed E-state index contributed by atoms with van der Waals surface area (Å²) in [6.45, 7) is 0. The summed E-state index contributed by atoms with van der Waals surface area (Å²) in [5, 5.41) is 0. The first-order chi connectivity index (χ1) is 11.2. The lowest BCUT2D eigenvalue weighted by Crippen LogP contribution is -1.96. The van der Waals surface area contributed by atoms with Crippen molar-refractivity contribution in [3.8, 4) is 28.5 Å². The predicted octanol–water partition coefficient (Wildman–Crippen LogP) is 3.26. The van der Waals surface area contributed by atoms with E-state index in [1.807, 2.05) is 0 Å². The van der Waals surface area contributed by atoms with Crippen molar-refractivity contribution in [2.24, 2.45) is 0 Å². The van der Waals surface area contributed by atoms with Gasteiger partial charge in [0.2, 0.25) is 0 Å². The number of ether oxygens (including phenoxy) is 3. The SMILES string of the molecule is COc1[c]ccc(-c2cnc3cc(OC)c(OC)nc3c2)c1F. The fraction of sp³-hybridized carbons (Fsp3) is 0.176. The van der Waals surface area contributed by atoms with Crippen molar-refractivity contribution in [2.45, 2.75) is 0 Å². The molecule has 6 heteroatoms. The van der Waals surface area contributed by atoms with Crippen LogP contribution >= 0.6 is 0 Å². The standard InChI is InChI=1S/C17H14FN2O3/c1-21-14-6-4-5-11(16(14)18)10-7-13-12(19-9-10)8-15(22-2)17(20-13)23-3/h4-5,7-9H,1-3H3. The Kier molecular flexibility index (Phi) is 3.97.